The summed E-state index contributed by atoms with van der Waals surface area (Å²) in [6, 6.07) is 0. The van der Waals surface area contributed by atoms with Crippen LogP contribution in [0.15, 0.2) is 0 Å². The summed E-state index contributed by atoms with van der Waals surface area (Å²) in [5, 5.41) is 38.1. The lowest BCUT2D eigenvalue weighted by Crippen LogP contribution is -2.61. The summed E-state index contributed by atoms with van der Waals surface area (Å²) in [5.41, 5.74) is 0. The molecule has 1 heterocycles. The molecule has 1 saturated carbocycles. The number of aliphatic hydroxyl groups excluding tert-OH is 3. The van der Waals surface area contributed by atoms with Crippen molar-refractivity contribution in [1.29, 1.82) is 0 Å². The van der Waals surface area contributed by atoms with E-state index in [1.165, 1.54) is 0 Å². The Balaban J connectivity index is 2.04. The number of hydrogen-bond donors (Lipinski definition) is 4. The molecule has 4 N–H and O–H groups in total. The Morgan fingerprint density at radius 1 is 1.10 bits per heavy atom. The van der Waals surface area contributed by atoms with Gasteiger partial charge in [-0.1, -0.05) is 19.8 Å². The van der Waals surface area contributed by atoms with Crippen LogP contribution in [0, 0.1) is 5.92 Å². The van der Waals surface area contributed by atoms with Crippen molar-refractivity contribution < 1.29 is 34.7 Å². The van der Waals surface area contributed by atoms with E-state index in [9.17, 15) is 20.1 Å². The van der Waals surface area contributed by atoms with Gasteiger partial charge in [-0.15, -0.1) is 0 Å². The molecule has 20 heavy (non-hydrogen) atoms. The molecule has 116 valence electrons. The van der Waals surface area contributed by atoms with Crippen molar-refractivity contribution in [3.8, 4) is 0 Å². The molecule has 0 aromatic heterocycles. The lowest BCUT2D eigenvalue weighted by Gasteiger charge is -2.41. The second-order valence-electron chi connectivity index (χ2n) is 5.67. The molecule has 2 fully saturated rings. The highest BCUT2D eigenvalue weighted by Crippen LogP contribution is 2.30. The minimum absolute atomic E-state index is 0.139. The van der Waals surface area contributed by atoms with Gasteiger partial charge in [0.05, 0.1) is 6.10 Å². The van der Waals surface area contributed by atoms with Gasteiger partial charge in [0.15, 0.2) is 12.4 Å². The van der Waals surface area contributed by atoms with Gasteiger partial charge in [0.1, 0.15) is 18.3 Å². The van der Waals surface area contributed by atoms with Gasteiger partial charge in [0, 0.05) is 0 Å². The molecule has 7 heteroatoms. The summed E-state index contributed by atoms with van der Waals surface area (Å²) in [6.07, 6.45) is -3.78. The molecular weight excluding hydrogens is 268 g/mol. The van der Waals surface area contributed by atoms with Crippen LogP contribution < -0.4 is 0 Å². The number of aliphatic carboxylic acids is 1. The standard InChI is InChI=1S/C13H22O7/c1-6-4-2-3-5-7(6)19-13-10(16)8(14)9(15)11(20-13)12(17)18/h6-11,13-16H,2-5H2,1H3,(H,17,18)/t6-,7-,8+,9+,10-,11+,13-/m1/s1. The lowest BCUT2D eigenvalue weighted by molar-refractivity contribution is -0.309. The van der Waals surface area contributed by atoms with Crippen LogP contribution in [-0.2, 0) is 14.3 Å². The molecule has 0 spiro atoms. The highest BCUT2D eigenvalue weighted by molar-refractivity contribution is 5.73. The largest absolute Gasteiger partial charge is 0.479 e. The predicted octanol–water partition coefficient (Wildman–Crippen LogP) is -0.526. The molecule has 2 rings (SSSR count). The fourth-order valence-electron chi connectivity index (χ4n) is 2.82. The molecule has 0 amide bonds. The molecule has 0 radical (unpaired) electrons. The quantitative estimate of drug-likeness (QED) is 0.552. The van der Waals surface area contributed by atoms with Gasteiger partial charge < -0.3 is 29.9 Å². The molecule has 1 aliphatic carbocycles. The number of carbonyl (C=O) groups is 1. The fourth-order valence-corrected chi connectivity index (χ4v) is 2.82. The average Bonchev–Trinajstić information content (AvgIpc) is 2.41. The highest BCUT2D eigenvalue weighted by Gasteiger charge is 2.48. The first-order valence-electron chi connectivity index (χ1n) is 6.99. The number of carboxylic acid groups (broad SMARTS) is 1. The van der Waals surface area contributed by atoms with Gasteiger partial charge >= 0.3 is 5.97 Å². The first kappa shape index (κ1) is 15.7. The Kier molecular flexibility index (Phi) is 4.98. The van der Waals surface area contributed by atoms with Crippen molar-refractivity contribution in [2.24, 2.45) is 5.92 Å². The molecule has 7 nitrogen and oxygen atoms in total. The number of aliphatic hydroxyl groups is 3. The zero-order valence-corrected chi connectivity index (χ0v) is 11.4. The third-order valence-corrected chi connectivity index (χ3v) is 4.15. The van der Waals surface area contributed by atoms with Gasteiger partial charge in [-0.25, -0.2) is 4.79 Å². The summed E-state index contributed by atoms with van der Waals surface area (Å²) in [6.45, 7) is 2.03. The van der Waals surface area contributed by atoms with Crippen LogP contribution >= 0.6 is 0 Å². The third kappa shape index (κ3) is 3.12. The minimum Gasteiger partial charge on any atom is -0.479 e. The van der Waals surface area contributed by atoms with Gasteiger partial charge in [-0.2, -0.15) is 0 Å². The summed E-state index contributed by atoms with van der Waals surface area (Å²) >= 11 is 0. The van der Waals surface area contributed by atoms with E-state index in [0.717, 1.165) is 25.7 Å². The van der Waals surface area contributed by atoms with E-state index in [4.69, 9.17) is 14.6 Å². The maximum Gasteiger partial charge on any atom is 0.335 e. The summed E-state index contributed by atoms with van der Waals surface area (Å²) < 4.78 is 10.8. The van der Waals surface area contributed by atoms with E-state index in [-0.39, 0.29) is 12.0 Å². The summed E-state index contributed by atoms with van der Waals surface area (Å²) in [4.78, 5) is 11.0. The molecule has 1 saturated heterocycles. The number of ether oxygens (including phenoxy) is 2. The Bertz CT molecular complexity index is 348. The Morgan fingerprint density at radius 2 is 1.75 bits per heavy atom. The average molecular weight is 290 g/mol. The Hall–Kier alpha value is -0.730. The monoisotopic (exact) mass is 290 g/mol. The van der Waals surface area contributed by atoms with Gasteiger partial charge in [0.2, 0.25) is 0 Å². The first-order chi connectivity index (χ1) is 9.41. The third-order valence-electron chi connectivity index (χ3n) is 4.15. The van der Waals surface area contributed by atoms with Crippen LogP contribution in [-0.4, -0.2) is 63.2 Å². The predicted molar refractivity (Wildman–Crippen MR) is 66.8 cm³/mol. The van der Waals surface area contributed by atoms with E-state index in [2.05, 4.69) is 0 Å². The van der Waals surface area contributed by atoms with Crippen LogP contribution in [0.2, 0.25) is 0 Å². The Labute approximate surface area is 117 Å². The van der Waals surface area contributed by atoms with E-state index in [1.807, 2.05) is 6.92 Å². The van der Waals surface area contributed by atoms with Gasteiger partial charge in [0.25, 0.3) is 0 Å². The van der Waals surface area contributed by atoms with E-state index >= 15 is 0 Å². The van der Waals surface area contributed by atoms with Crippen molar-refractivity contribution in [3.05, 3.63) is 0 Å². The van der Waals surface area contributed by atoms with Gasteiger partial charge in [-0.05, 0) is 18.8 Å². The first-order valence-corrected chi connectivity index (χ1v) is 6.99. The van der Waals surface area contributed by atoms with E-state index in [0.29, 0.717) is 0 Å². The SMILES string of the molecule is C[C@@H]1CCCC[C@H]1O[C@@H]1O[C@H](C(=O)O)[C@@H](O)[C@H](O)[C@H]1O. The van der Waals surface area contributed by atoms with Crippen molar-refractivity contribution >= 4 is 5.97 Å². The summed E-state index contributed by atoms with van der Waals surface area (Å²) in [5.74, 6) is -1.11. The smallest absolute Gasteiger partial charge is 0.335 e. The maximum atomic E-state index is 11.0. The molecule has 0 bridgehead atoms. The van der Waals surface area contributed by atoms with Crippen LogP contribution in [0.4, 0.5) is 0 Å². The van der Waals surface area contributed by atoms with Crippen LogP contribution in [0.25, 0.3) is 0 Å². The normalized spacial score (nSPS) is 46.1. The second kappa shape index (κ2) is 6.36. The van der Waals surface area contributed by atoms with E-state index < -0.39 is 36.7 Å². The zero-order valence-electron chi connectivity index (χ0n) is 11.4. The zero-order chi connectivity index (χ0) is 14.9. The van der Waals surface area contributed by atoms with Crippen LogP contribution in [0.3, 0.4) is 0 Å². The topological polar surface area (TPSA) is 116 Å². The molecule has 2 aliphatic rings. The molecule has 7 atom stereocenters. The molecule has 0 aromatic carbocycles. The minimum atomic E-state index is -1.67. The molecule has 0 aromatic rings. The van der Waals surface area contributed by atoms with Crippen LogP contribution in [0.5, 0.6) is 0 Å². The van der Waals surface area contributed by atoms with Crippen LogP contribution in [0.1, 0.15) is 32.6 Å². The van der Waals surface area contributed by atoms with Crippen molar-refractivity contribution in [2.45, 2.75) is 69.4 Å². The summed E-state index contributed by atoms with van der Waals surface area (Å²) in [7, 11) is 0. The number of rotatable bonds is 3. The molecule has 0 unspecified atom stereocenters. The fraction of sp³-hybridized carbons (Fsp3) is 0.923. The molecule has 1 aliphatic heterocycles. The maximum absolute atomic E-state index is 11.0. The van der Waals surface area contributed by atoms with Crippen molar-refractivity contribution in [1.82, 2.24) is 0 Å². The van der Waals surface area contributed by atoms with Crippen molar-refractivity contribution in [3.63, 3.8) is 0 Å². The van der Waals surface area contributed by atoms with E-state index in [1.54, 1.807) is 0 Å². The lowest BCUT2D eigenvalue weighted by atomic mass is 9.88. The second-order valence-corrected chi connectivity index (χ2v) is 5.67. The van der Waals surface area contributed by atoms with Gasteiger partial charge in [-0.3, -0.25) is 0 Å². The highest BCUT2D eigenvalue weighted by atomic mass is 16.7. The molecular formula is C13H22O7. The Morgan fingerprint density at radius 3 is 2.35 bits per heavy atom. The van der Waals surface area contributed by atoms with Crippen molar-refractivity contribution in [2.75, 3.05) is 0 Å². The number of hydrogen-bond acceptors (Lipinski definition) is 6. The number of carboxylic acids is 1.